The summed E-state index contributed by atoms with van der Waals surface area (Å²) in [5.74, 6) is -0.747. The van der Waals surface area contributed by atoms with Crippen LogP contribution in [-0.2, 0) is 16.0 Å². The Hall–Kier alpha value is -2.56. The zero-order valence-corrected chi connectivity index (χ0v) is 13.7. The third kappa shape index (κ3) is 7.85. The second-order valence-electron chi connectivity index (χ2n) is 6.11. The lowest BCUT2D eigenvalue weighted by Crippen LogP contribution is -2.27. The number of primary amides is 1. The van der Waals surface area contributed by atoms with Gasteiger partial charge in [-0.25, -0.2) is 4.79 Å². The van der Waals surface area contributed by atoms with E-state index in [0.29, 0.717) is 6.42 Å². The van der Waals surface area contributed by atoms with E-state index in [0.717, 1.165) is 5.56 Å². The van der Waals surface area contributed by atoms with Gasteiger partial charge in [-0.2, -0.15) is 0 Å². The molecule has 23 heavy (non-hydrogen) atoms. The summed E-state index contributed by atoms with van der Waals surface area (Å²) < 4.78 is 4.58. The van der Waals surface area contributed by atoms with Gasteiger partial charge in [0.15, 0.2) is 0 Å². The number of hydrogen-bond donors (Lipinski definition) is 2. The van der Waals surface area contributed by atoms with E-state index < -0.39 is 17.7 Å². The minimum Gasteiger partial charge on any atom is -0.481 e. The van der Waals surface area contributed by atoms with Gasteiger partial charge in [0.25, 0.3) is 0 Å². The third-order valence-electron chi connectivity index (χ3n) is 2.85. The molecular weight excluding hydrogens is 294 g/mol. The highest BCUT2D eigenvalue weighted by atomic mass is 16.6. The van der Waals surface area contributed by atoms with Crippen LogP contribution in [0.1, 0.15) is 32.8 Å². The smallest absolute Gasteiger partial charge is 0.405 e. The van der Waals surface area contributed by atoms with Crippen LogP contribution in [0.15, 0.2) is 42.5 Å². The Morgan fingerprint density at radius 2 is 1.70 bits per heavy atom. The van der Waals surface area contributed by atoms with E-state index in [1.807, 2.05) is 30.3 Å². The normalized spacial score (nSPS) is 10.6. The van der Waals surface area contributed by atoms with Gasteiger partial charge in [-0.3, -0.25) is 4.79 Å². The highest BCUT2D eigenvalue weighted by molar-refractivity contribution is 5.83. The van der Waals surface area contributed by atoms with Crippen molar-refractivity contribution in [2.24, 2.45) is 5.73 Å². The fourth-order valence-corrected chi connectivity index (χ4v) is 1.95. The zero-order valence-electron chi connectivity index (χ0n) is 13.7. The lowest BCUT2D eigenvalue weighted by molar-refractivity contribution is -0.136. The maximum Gasteiger partial charge on any atom is 0.405 e. The summed E-state index contributed by atoms with van der Waals surface area (Å²) in [4.78, 5) is 20.5. The van der Waals surface area contributed by atoms with Crippen molar-refractivity contribution < 1.29 is 19.4 Å². The van der Waals surface area contributed by atoms with Crippen LogP contribution < -0.4 is 5.73 Å². The van der Waals surface area contributed by atoms with Crippen molar-refractivity contribution in [3.8, 4) is 0 Å². The molecule has 0 bridgehead atoms. The number of carboxylic acid groups (broad SMARTS) is 1. The minimum atomic E-state index is -0.747. The standard InChI is InChI=1S/C13H12O2.C5H11NO2/c14-13(15)8-6-10-5-7-11-3-1-2-4-12(11)9-10;1-5(2,3)8-4(6)7/h1-5,7,9H,6,8H2,(H,14,15);1-3H3,(H2,6,7). The zero-order chi connectivity index (χ0) is 17.5. The molecule has 0 unspecified atom stereocenters. The van der Waals surface area contributed by atoms with Crippen LogP contribution in [0.4, 0.5) is 4.79 Å². The van der Waals surface area contributed by atoms with Gasteiger partial charge in [0, 0.05) is 6.42 Å². The summed E-state index contributed by atoms with van der Waals surface area (Å²) in [7, 11) is 0. The molecule has 5 nitrogen and oxygen atoms in total. The SMILES string of the molecule is CC(C)(C)OC(N)=O.O=C(O)CCc1ccc2ccccc2c1. The molecule has 0 aliphatic heterocycles. The number of hydrogen-bond acceptors (Lipinski definition) is 3. The quantitative estimate of drug-likeness (QED) is 0.902. The van der Waals surface area contributed by atoms with Crippen LogP contribution in [0.2, 0.25) is 0 Å². The second-order valence-corrected chi connectivity index (χ2v) is 6.11. The first-order chi connectivity index (χ1) is 10.7. The first-order valence-electron chi connectivity index (χ1n) is 7.35. The molecule has 5 heteroatoms. The Bertz CT molecular complexity index is 674. The lowest BCUT2D eigenvalue weighted by Gasteiger charge is -2.16. The van der Waals surface area contributed by atoms with Crippen LogP contribution in [0.25, 0.3) is 10.8 Å². The molecular formula is C18H23NO4. The average Bonchev–Trinajstić information content (AvgIpc) is 2.43. The molecule has 1 amide bonds. The van der Waals surface area contributed by atoms with E-state index in [2.05, 4.69) is 16.9 Å². The number of carboxylic acids is 1. The summed E-state index contributed by atoms with van der Waals surface area (Å²) in [6, 6.07) is 14.2. The number of fused-ring (bicyclic) bond motifs is 1. The lowest BCUT2D eigenvalue weighted by atomic mass is 10.0. The molecule has 0 fully saturated rings. The largest absolute Gasteiger partial charge is 0.481 e. The van der Waals surface area contributed by atoms with Crippen LogP contribution >= 0.6 is 0 Å². The molecule has 0 aliphatic carbocycles. The van der Waals surface area contributed by atoms with Crippen molar-refractivity contribution in [1.29, 1.82) is 0 Å². The predicted molar refractivity (Wildman–Crippen MR) is 90.3 cm³/mol. The molecule has 2 aromatic carbocycles. The maximum absolute atomic E-state index is 10.4. The van der Waals surface area contributed by atoms with Crippen molar-refractivity contribution in [3.63, 3.8) is 0 Å². The van der Waals surface area contributed by atoms with Crippen LogP contribution in [0.5, 0.6) is 0 Å². The summed E-state index contributed by atoms with van der Waals surface area (Å²) >= 11 is 0. The van der Waals surface area contributed by atoms with E-state index in [4.69, 9.17) is 10.8 Å². The maximum atomic E-state index is 10.4. The van der Waals surface area contributed by atoms with Gasteiger partial charge >= 0.3 is 12.1 Å². The number of aryl methyl sites for hydroxylation is 1. The average molecular weight is 317 g/mol. The minimum absolute atomic E-state index is 0.193. The van der Waals surface area contributed by atoms with Gasteiger partial charge in [-0.15, -0.1) is 0 Å². The molecule has 0 aliphatic rings. The molecule has 0 saturated heterocycles. The number of amides is 1. The van der Waals surface area contributed by atoms with Gasteiger partial charge in [0.2, 0.25) is 0 Å². The summed E-state index contributed by atoms with van der Waals surface area (Å²) in [5, 5.41) is 10.9. The Kier molecular flexibility index (Phi) is 6.57. The van der Waals surface area contributed by atoms with Crippen molar-refractivity contribution in [1.82, 2.24) is 0 Å². The second kappa shape index (κ2) is 8.17. The number of benzene rings is 2. The Morgan fingerprint density at radius 1 is 1.09 bits per heavy atom. The first-order valence-corrected chi connectivity index (χ1v) is 7.35. The van der Waals surface area contributed by atoms with Crippen molar-refractivity contribution in [2.45, 2.75) is 39.2 Å². The van der Waals surface area contributed by atoms with E-state index in [1.165, 1.54) is 10.8 Å². The summed E-state index contributed by atoms with van der Waals surface area (Å²) in [6.45, 7) is 5.28. The van der Waals surface area contributed by atoms with Gasteiger partial charge in [-0.1, -0.05) is 42.5 Å². The molecule has 3 N–H and O–H groups in total. The molecule has 124 valence electrons. The van der Waals surface area contributed by atoms with E-state index in [-0.39, 0.29) is 6.42 Å². The molecule has 2 rings (SSSR count). The van der Waals surface area contributed by atoms with Crippen molar-refractivity contribution in [2.75, 3.05) is 0 Å². The molecule has 0 atom stereocenters. The van der Waals surface area contributed by atoms with Gasteiger partial charge in [-0.05, 0) is 43.5 Å². The Labute approximate surface area is 136 Å². The number of aliphatic carboxylic acids is 1. The number of carbonyl (C=O) groups excluding carboxylic acids is 1. The topological polar surface area (TPSA) is 89.6 Å². The summed E-state index contributed by atoms with van der Waals surface area (Å²) in [6.07, 6.45) is 0.0656. The number of rotatable bonds is 3. The summed E-state index contributed by atoms with van der Waals surface area (Å²) in [5.41, 5.74) is 5.34. The molecule has 0 heterocycles. The van der Waals surface area contributed by atoms with E-state index in [1.54, 1.807) is 20.8 Å². The van der Waals surface area contributed by atoms with Crippen LogP contribution in [0, 0.1) is 0 Å². The van der Waals surface area contributed by atoms with Crippen molar-refractivity contribution in [3.05, 3.63) is 48.0 Å². The fraction of sp³-hybridized carbons (Fsp3) is 0.333. The van der Waals surface area contributed by atoms with E-state index >= 15 is 0 Å². The number of nitrogens with two attached hydrogens (primary N) is 1. The monoisotopic (exact) mass is 317 g/mol. The van der Waals surface area contributed by atoms with Crippen LogP contribution in [-0.4, -0.2) is 22.8 Å². The van der Waals surface area contributed by atoms with E-state index in [9.17, 15) is 9.59 Å². The van der Waals surface area contributed by atoms with Gasteiger partial charge in [0.05, 0.1) is 0 Å². The molecule has 0 saturated carbocycles. The number of carbonyl (C=O) groups is 2. The number of ether oxygens (including phenoxy) is 1. The first kappa shape index (κ1) is 18.5. The molecule has 0 aromatic heterocycles. The molecule has 0 spiro atoms. The molecule has 2 aromatic rings. The highest BCUT2D eigenvalue weighted by Crippen LogP contribution is 2.16. The highest BCUT2D eigenvalue weighted by Gasteiger charge is 2.12. The van der Waals surface area contributed by atoms with Crippen molar-refractivity contribution >= 4 is 22.8 Å². The van der Waals surface area contributed by atoms with Gasteiger partial charge < -0.3 is 15.6 Å². The molecule has 0 radical (unpaired) electrons. The Morgan fingerprint density at radius 3 is 2.17 bits per heavy atom. The van der Waals surface area contributed by atoms with Gasteiger partial charge in [0.1, 0.15) is 5.60 Å². The Balaban J connectivity index is 0.000000284. The third-order valence-corrected chi connectivity index (χ3v) is 2.85. The van der Waals surface area contributed by atoms with Crippen LogP contribution in [0.3, 0.4) is 0 Å². The predicted octanol–water partition coefficient (Wildman–Crippen LogP) is 3.74. The fourth-order valence-electron chi connectivity index (χ4n) is 1.95.